The first-order valence-corrected chi connectivity index (χ1v) is 5.01. The second-order valence-corrected chi connectivity index (χ2v) is 3.73. The van der Waals surface area contributed by atoms with Gasteiger partial charge >= 0.3 is 0 Å². The van der Waals surface area contributed by atoms with E-state index in [9.17, 15) is 0 Å². The van der Waals surface area contributed by atoms with Crippen LogP contribution < -0.4 is 5.32 Å². The molecule has 4 nitrogen and oxygen atoms in total. The first kappa shape index (κ1) is 11.2. The van der Waals surface area contributed by atoms with Crippen LogP contribution in [0.4, 0.5) is 0 Å². The van der Waals surface area contributed by atoms with E-state index in [0.717, 1.165) is 13.1 Å². The van der Waals surface area contributed by atoms with Crippen LogP contribution in [0.3, 0.4) is 0 Å². The van der Waals surface area contributed by atoms with Crippen LogP contribution in [-0.2, 0) is 6.54 Å². The fourth-order valence-electron chi connectivity index (χ4n) is 1.46. The van der Waals surface area contributed by atoms with Crippen LogP contribution in [0, 0.1) is 0 Å². The Morgan fingerprint density at radius 1 is 1.57 bits per heavy atom. The van der Waals surface area contributed by atoms with Crippen molar-refractivity contribution in [3.05, 3.63) is 18.0 Å². The Bertz CT molecular complexity index is 267. The summed E-state index contributed by atoms with van der Waals surface area (Å²) in [4.78, 5) is 2.17. The first-order chi connectivity index (χ1) is 6.67. The lowest BCUT2D eigenvalue weighted by Gasteiger charge is -2.18. The minimum atomic E-state index is 0.366. The third kappa shape index (κ3) is 2.82. The molecule has 4 heteroatoms. The van der Waals surface area contributed by atoms with E-state index in [2.05, 4.69) is 42.5 Å². The quantitative estimate of drug-likeness (QED) is 0.753. The van der Waals surface area contributed by atoms with Gasteiger partial charge in [0.2, 0.25) is 0 Å². The Morgan fingerprint density at radius 3 is 2.71 bits per heavy atom. The van der Waals surface area contributed by atoms with Crippen LogP contribution in [-0.4, -0.2) is 42.4 Å². The second-order valence-electron chi connectivity index (χ2n) is 3.73. The molecule has 1 heterocycles. The minimum absolute atomic E-state index is 0.366. The number of likely N-dealkylation sites (N-methyl/N-ethyl adjacent to an activating group) is 2. The van der Waals surface area contributed by atoms with Gasteiger partial charge in [0, 0.05) is 30.9 Å². The summed E-state index contributed by atoms with van der Waals surface area (Å²) in [7, 11) is 6.14. The van der Waals surface area contributed by atoms with Gasteiger partial charge in [-0.15, -0.1) is 0 Å². The Balaban J connectivity index is 2.68. The summed E-state index contributed by atoms with van der Waals surface area (Å²) in [5, 5.41) is 7.56. The number of hydrogen-bond donors (Lipinski definition) is 1. The van der Waals surface area contributed by atoms with Gasteiger partial charge in [-0.1, -0.05) is 0 Å². The van der Waals surface area contributed by atoms with Gasteiger partial charge in [0.05, 0.1) is 6.20 Å². The van der Waals surface area contributed by atoms with E-state index in [1.807, 2.05) is 17.9 Å². The van der Waals surface area contributed by atoms with Gasteiger partial charge in [-0.05, 0) is 28.1 Å². The van der Waals surface area contributed by atoms with Crippen LogP contribution in [0.25, 0.3) is 0 Å². The topological polar surface area (TPSA) is 33.1 Å². The highest BCUT2D eigenvalue weighted by Gasteiger charge is 2.11. The summed E-state index contributed by atoms with van der Waals surface area (Å²) < 4.78 is 1.95. The third-order valence-corrected chi connectivity index (χ3v) is 2.28. The third-order valence-electron chi connectivity index (χ3n) is 2.28. The molecule has 0 aromatic carbocycles. The summed E-state index contributed by atoms with van der Waals surface area (Å²) in [5.74, 6) is 0. The largest absolute Gasteiger partial charge is 0.312 e. The molecule has 0 aliphatic carbocycles. The molecule has 1 rings (SSSR count). The number of hydrogen-bond acceptors (Lipinski definition) is 3. The summed E-state index contributed by atoms with van der Waals surface area (Å²) in [5.41, 5.74) is 1.25. The van der Waals surface area contributed by atoms with Gasteiger partial charge in [0.15, 0.2) is 0 Å². The molecule has 80 valence electrons. The van der Waals surface area contributed by atoms with Crippen LogP contribution in [0.2, 0.25) is 0 Å². The molecule has 0 aliphatic rings. The van der Waals surface area contributed by atoms with Crippen molar-refractivity contribution in [2.24, 2.45) is 0 Å². The molecule has 0 radical (unpaired) electrons. The molecule has 0 saturated heterocycles. The molecule has 1 atom stereocenters. The second kappa shape index (κ2) is 5.12. The fourth-order valence-corrected chi connectivity index (χ4v) is 1.46. The zero-order valence-corrected chi connectivity index (χ0v) is 9.49. The van der Waals surface area contributed by atoms with Gasteiger partial charge in [0.25, 0.3) is 0 Å². The highest BCUT2D eigenvalue weighted by molar-refractivity contribution is 5.10. The van der Waals surface area contributed by atoms with Crippen molar-refractivity contribution in [2.75, 3.05) is 27.7 Å². The van der Waals surface area contributed by atoms with E-state index in [1.54, 1.807) is 0 Å². The number of aryl methyl sites for hydroxylation is 1. The lowest BCUT2D eigenvalue weighted by atomic mass is 10.1. The van der Waals surface area contributed by atoms with E-state index in [0.29, 0.717) is 6.04 Å². The maximum Gasteiger partial charge on any atom is 0.0538 e. The zero-order chi connectivity index (χ0) is 10.6. The van der Waals surface area contributed by atoms with E-state index in [-0.39, 0.29) is 0 Å². The highest BCUT2D eigenvalue weighted by Crippen LogP contribution is 2.11. The molecule has 1 unspecified atom stereocenters. The van der Waals surface area contributed by atoms with Gasteiger partial charge < -0.3 is 10.2 Å². The van der Waals surface area contributed by atoms with Gasteiger partial charge in [0.1, 0.15) is 0 Å². The first-order valence-electron chi connectivity index (χ1n) is 5.01. The summed E-state index contributed by atoms with van der Waals surface area (Å²) in [6.45, 7) is 4.02. The summed E-state index contributed by atoms with van der Waals surface area (Å²) in [6, 6.07) is 0.366. The molecule has 1 aromatic rings. The van der Waals surface area contributed by atoms with Gasteiger partial charge in [-0.25, -0.2) is 0 Å². The normalized spacial score (nSPS) is 13.5. The molecule has 1 aromatic heterocycles. The number of nitrogens with zero attached hydrogens (tertiary/aromatic N) is 3. The van der Waals surface area contributed by atoms with Crippen LogP contribution in [0.1, 0.15) is 18.5 Å². The molecule has 1 N–H and O–H groups in total. The van der Waals surface area contributed by atoms with Crippen molar-refractivity contribution in [3.8, 4) is 0 Å². The highest BCUT2D eigenvalue weighted by atomic mass is 15.3. The van der Waals surface area contributed by atoms with Crippen molar-refractivity contribution in [2.45, 2.75) is 19.5 Å². The predicted molar refractivity (Wildman–Crippen MR) is 58.3 cm³/mol. The van der Waals surface area contributed by atoms with Crippen molar-refractivity contribution in [3.63, 3.8) is 0 Å². The Kier molecular flexibility index (Phi) is 4.10. The Hall–Kier alpha value is -0.870. The molecule has 0 aliphatic heterocycles. The molecule has 14 heavy (non-hydrogen) atoms. The van der Waals surface area contributed by atoms with Crippen molar-refractivity contribution < 1.29 is 0 Å². The lowest BCUT2D eigenvalue weighted by molar-refractivity contribution is 0.352. The van der Waals surface area contributed by atoms with Gasteiger partial charge in [-0.2, -0.15) is 5.10 Å². The molecule has 0 fully saturated rings. The number of rotatable bonds is 5. The maximum absolute atomic E-state index is 4.27. The fraction of sp³-hybridized carbons (Fsp3) is 0.700. The molecule has 0 amide bonds. The monoisotopic (exact) mass is 196 g/mol. The van der Waals surface area contributed by atoms with Crippen LogP contribution >= 0.6 is 0 Å². The van der Waals surface area contributed by atoms with Gasteiger partial charge in [-0.3, -0.25) is 4.68 Å². The van der Waals surface area contributed by atoms with Crippen LogP contribution in [0.5, 0.6) is 0 Å². The Morgan fingerprint density at radius 2 is 2.29 bits per heavy atom. The van der Waals surface area contributed by atoms with E-state index in [1.165, 1.54) is 5.56 Å². The molecule has 0 saturated carbocycles. The number of nitrogens with one attached hydrogen (secondary N) is 1. The molecule has 0 bridgehead atoms. The van der Waals surface area contributed by atoms with Crippen molar-refractivity contribution in [1.29, 1.82) is 0 Å². The number of aromatic nitrogens is 2. The summed E-state index contributed by atoms with van der Waals surface area (Å²) in [6.07, 6.45) is 4.04. The van der Waals surface area contributed by atoms with Crippen molar-refractivity contribution in [1.82, 2.24) is 20.0 Å². The van der Waals surface area contributed by atoms with Crippen molar-refractivity contribution >= 4 is 0 Å². The minimum Gasteiger partial charge on any atom is -0.312 e. The van der Waals surface area contributed by atoms with Crippen LogP contribution in [0.15, 0.2) is 12.4 Å². The maximum atomic E-state index is 4.27. The smallest absolute Gasteiger partial charge is 0.0538 e. The zero-order valence-electron chi connectivity index (χ0n) is 9.49. The lowest BCUT2D eigenvalue weighted by Crippen LogP contribution is -2.28. The Labute approximate surface area is 85.9 Å². The average Bonchev–Trinajstić information content (AvgIpc) is 2.62. The molecular formula is C10H20N4. The van der Waals surface area contributed by atoms with E-state index >= 15 is 0 Å². The predicted octanol–water partition coefficient (Wildman–Crippen LogP) is 0.725. The summed E-state index contributed by atoms with van der Waals surface area (Å²) >= 11 is 0. The molecule has 0 spiro atoms. The van der Waals surface area contributed by atoms with E-state index < -0.39 is 0 Å². The standard InChI is InChI=1S/C10H20N4/c1-5-14-7-9(6-12-14)10(11-2)8-13(3)4/h6-7,10-11H,5,8H2,1-4H3. The van der Waals surface area contributed by atoms with E-state index in [4.69, 9.17) is 0 Å². The molecular weight excluding hydrogens is 176 g/mol. The SMILES string of the molecule is CCn1cc(C(CN(C)C)NC)cn1. The average molecular weight is 196 g/mol.